The zero-order chi connectivity index (χ0) is 19.8. The number of aryl methyl sites for hydroxylation is 3. The van der Waals surface area contributed by atoms with E-state index in [1.807, 2.05) is 49.7 Å². The van der Waals surface area contributed by atoms with Crippen molar-refractivity contribution in [1.29, 1.82) is 0 Å². The van der Waals surface area contributed by atoms with E-state index in [0.29, 0.717) is 10.6 Å². The van der Waals surface area contributed by atoms with Gasteiger partial charge in [0.25, 0.3) is 5.91 Å². The van der Waals surface area contributed by atoms with E-state index in [0.717, 1.165) is 33.7 Å². The molecule has 4 rings (SSSR count). The Morgan fingerprint density at radius 3 is 2.68 bits per heavy atom. The third-order valence-electron chi connectivity index (χ3n) is 4.61. The van der Waals surface area contributed by atoms with Gasteiger partial charge in [0.1, 0.15) is 5.82 Å². The summed E-state index contributed by atoms with van der Waals surface area (Å²) in [6, 6.07) is 12.9. The van der Waals surface area contributed by atoms with Crippen molar-refractivity contribution in [1.82, 2.24) is 19.5 Å². The summed E-state index contributed by atoms with van der Waals surface area (Å²) in [5.41, 5.74) is 4.83. The van der Waals surface area contributed by atoms with Crippen molar-refractivity contribution in [2.24, 2.45) is 7.05 Å². The molecule has 2 heterocycles. The molecule has 4 aromatic rings. The second-order valence-corrected chi connectivity index (χ2v) is 7.01. The van der Waals surface area contributed by atoms with Crippen LogP contribution in [0.4, 0.5) is 5.95 Å². The molecule has 0 atom stereocenters. The van der Waals surface area contributed by atoms with Gasteiger partial charge in [0, 0.05) is 30.1 Å². The van der Waals surface area contributed by atoms with Crippen LogP contribution in [-0.4, -0.2) is 25.4 Å². The van der Waals surface area contributed by atoms with Crippen LogP contribution in [0.1, 0.15) is 21.6 Å². The number of fused-ring (bicyclic) bond motifs is 1. The molecule has 0 radical (unpaired) electrons. The first-order chi connectivity index (χ1) is 13.4. The van der Waals surface area contributed by atoms with E-state index in [4.69, 9.17) is 16.6 Å². The first-order valence-electron chi connectivity index (χ1n) is 8.77. The van der Waals surface area contributed by atoms with Crippen LogP contribution < -0.4 is 5.32 Å². The summed E-state index contributed by atoms with van der Waals surface area (Å²) in [6.45, 7) is 3.84. The van der Waals surface area contributed by atoms with Gasteiger partial charge < -0.3 is 4.57 Å². The molecule has 0 saturated heterocycles. The summed E-state index contributed by atoms with van der Waals surface area (Å²) < 4.78 is 1.98. The molecule has 2 aromatic carbocycles. The number of benzene rings is 2. The molecule has 28 heavy (non-hydrogen) atoms. The Morgan fingerprint density at radius 1 is 1.11 bits per heavy atom. The molecule has 2 aromatic heterocycles. The number of carbonyl (C=O) groups is 1. The van der Waals surface area contributed by atoms with E-state index in [2.05, 4.69) is 15.3 Å². The minimum absolute atomic E-state index is 0.276. The summed E-state index contributed by atoms with van der Waals surface area (Å²) in [5.74, 6) is 0.754. The lowest BCUT2D eigenvalue weighted by atomic mass is 10.1. The van der Waals surface area contributed by atoms with Gasteiger partial charge in [-0.25, -0.2) is 15.0 Å². The zero-order valence-corrected chi connectivity index (χ0v) is 16.4. The molecule has 1 N–H and O–H groups in total. The first-order valence-corrected chi connectivity index (χ1v) is 9.15. The lowest BCUT2D eigenvalue weighted by molar-refractivity contribution is 0.102. The number of imidazole rings is 1. The van der Waals surface area contributed by atoms with Gasteiger partial charge >= 0.3 is 0 Å². The van der Waals surface area contributed by atoms with Crippen molar-refractivity contribution in [3.8, 4) is 11.4 Å². The molecule has 7 heteroatoms. The van der Waals surface area contributed by atoms with Gasteiger partial charge in [0.05, 0.1) is 16.1 Å². The number of carbonyl (C=O) groups excluding carboxylic acids is 1. The number of anilines is 1. The van der Waals surface area contributed by atoms with Gasteiger partial charge in [0.15, 0.2) is 0 Å². The van der Waals surface area contributed by atoms with Crippen molar-refractivity contribution in [2.75, 3.05) is 5.32 Å². The average Bonchev–Trinajstić information content (AvgIpc) is 2.97. The van der Waals surface area contributed by atoms with Crippen molar-refractivity contribution in [3.05, 3.63) is 70.5 Å². The molecular weight excluding hydrogens is 374 g/mol. The number of halogens is 1. The highest BCUT2D eigenvalue weighted by molar-refractivity contribution is 6.33. The highest BCUT2D eigenvalue weighted by Crippen LogP contribution is 2.32. The van der Waals surface area contributed by atoms with Crippen molar-refractivity contribution in [2.45, 2.75) is 13.8 Å². The van der Waals surface area contributed by atoms with Crippen molar-refractivity contribution < 1.29 is 4.79 Å². The fourth-order valence-corrected chi connectivity index (χ4v) is 3.47. The molecule has 6 nitrogen and oxygen atoms in total. The Hall–Kier alpha value is -3.25. The van der Waals surface area contributed by atoms with Gasteiger partial charge in [-0.3, -0.25) is 10.1 Å². The van der Waals surface area contributed by atoms with Crippen LogP contribution in [0.3, 0.4) is 0 Å². The van der Waals surface area contributed by atoms with Crippen LogP contribution in [0.5, 0.6) is 0 Å². The molecule has 1 amide bonds. The van der Waals surface area contributed by atoms with Gasteiger partial charge in [0.2, 0.25) is 5.95 Å². The normalized spacial score (nSPS) is 11.0. The van der Waals surface area contributed by atoms with Gasteiger partial charge in [-0.2, -0.15) is 0 Å². The molecule has 0 bridgehead atoms. The van der Waals surface area contributed by atoms with Crippen LogP contribution >= 0.6 is 11.6 Å². The number of hydrogen-bond donors (Lipinski definition) is 1. The maximum Gasteiger partial charge on any atom is 0.258 e. The molecule has 0 spiro atoms. The predicted octanol–water partition coefficient (Wildman–Crippen LogP) is 4.55. The van der Waals surface area contributed by atoms with E-state index in [1.165, 1.54) is 0 Å². The Kier molecular flexibility index (Phi) is 4.57. The monoisotopic (exact) mass is 391 g/mol. The van der Waals surface area contributed by atoms with Crippen LogP contribution in [0.25, 0.3) is 22.4 Å². The number of nitrogens with one attached hydrogen (secondary N) is 1. The maximum atomic E-state index is 12.6. The molecule has 0 unspecified atom stereocenters. The SMILES string of the molecule is Cc1ccnc(NC(=O)c2ccc3c(c2)nc(-c2c(C)cccc2Cl)n3C)n1. The number of nitrogens with zero attached hydrogens (tertiary/aromatic N) is 4. The highest BCUT2D eigenvalue weighted by Gasteiger charge is 2.16. The predicted molar refractivity (Wildman–Crippen MR) is 111 cm³/mol. The van der Waals surface area contributed by atoms with Crippen LogP contribution in [0.15, 0.2) is 48.7 Å². The molecule has 0 aliphatic rings. The zero-order valence-electron chi connectivity index (χ0n) is 15.7. The van der Waals surface area contributed by atoms with Gasteiger partial charge in [-0.1, -0.05) is 23.7 Å². The summed E-state index contributed by atoms with van der Waals surface area (Å²) in [5, 5.41) is 3.36. The fraction of sp³-hybridized carbons (Fsp3) is 0.143. The highest BCUT2D eigenvalue weighted by atomic mass is 35.5. The number of rotatable bonds is 3. The second-order valence-electron chi connectivity index (χ2n) is 6.61. The van der Waals surface area contributed by atoms with E-state index in [1.54, 1.807) is 24.4 Å². The summed E-state index contributed by atoms with van der Waals surface area (Å²) in [7, 11) is 1.94. The van der Waals surface area contributed by atoms with Crippen LogP contribution in [-0.2, 0) is 7.05 Å². The topological polar surface area (TPSA) is 72.7 Å². The van der Waals surface area contributed by atoms with Gasteiger partial charge in [-0.15, -0.1) is 0 Å². The molecule has 0 fully saturated rings. The van der Waals surface area contributed by atoms with E-state index >= 15 is 0 Å². The Balaban J connectivity index is 1.73. The van der Waals surface area contributed by atoms with Crippen LogP contribution in [0.2, 0.25) is 5.02 Å². The van der Waals surface area contributed by atoms with Crippen LogP contribution in [0, 0.1) is 13.8 Å². The Labute approximate surface area is 167 Å². The van der Waals surface area contributed by atoms with E-state index in [-0.39, 0.29) is 11.9 Å². The summed E-state index contributed by atoms with van der Waals surface area (Å²) in [6.07, 6.45) is 1.61. The third kappa shape index (κ3) is 3.23. The molecule has 0 saturated carbocycles. The smallest absolute Gasteiger partial charge is 0.258 e. The number of amides is 1. The quantitative estimate of drug-likeness (QED) is 0.556. The summed E-state index contributed by atoms with van der Waals surface area (Å²) in [4.78, 5) is 25.6. The minimum atomic E-state index is -0.284. The Morgan fingerprint density at radius 2 is 1.93 bits per heavy atom. The number of aromatic nitrogens is 4. The van der Waals surface area contributed by atoms with Gasteiger partial charge in [-0.05, 0) is 49.7 Å². The van der Waals surface area contributed by atoms with Crippen molar-refractivity contribution >= 4 is 34.5 Å². The summed E-state index contributed by atoms with van der Waals surface area (Å²) >= 11 is 6.42. The Bertz CT molecular complexity index is 1190. The average molecular weight is 392 g/mol. The standard InChI is InChI=1S/C21H18ClN5O/c1-12-5-4-6-15(22)18(12)19-25-16-11-14(7-8-17(16)27(19)3)20(28)26-21-23-10-9-13(2)24-21/h4-11H,1-3H3,(H,23,24,26,28). The second kappa shape index (κ2) is 7.05. The lowest BCUT2D eigenvalue weighted by Gasteiger charge is -2.08. The maximum absolute atomic E-state index is 12.6. The molecule has 0 aliphatic carbocycles. The fourth-order valence-electron chi connectivity index (χ4n) is 3.16. The largest absolute Gasteiger partial charge is 0.327 e. The molecule has 0 aliphatic heterocycles. The third-order valence-corrected chi connectivity index (χ3v) is 4.92. The number of hydrogen-bond acceptors (Lipinski definition) is 4. The first kappa shape index (κ1) is 18.1. The lowest BCUT2D eigenvalue weighted by Crippen LogP contribution is -2.14. The minimum Gasteiger partial charge on any atom is -0.327 e. The van der Waals surface area contributed by atoms with E-state index in [9.17, 15) is 4.79 Å². The van der Waals surface area contributed by atoms with Crippen molar-refractivity contribution in [3.63, 3.8) is 0 Å². The molecule has 140 valence electrons. The molecular formula is C21H18ClN5O. The van der Waals surface area contributed by atoms with E-state index < -0.39 is 0 Å².